The van der Waals surface area contributed by atoms with Crippen LogP contribution in [0.5, 0.6) is 0 Å². The van der Waals surface area contributed by atoms with E-state index in [-0.39, 0.29) is 7.43 Å². The zero-order chi connectivity index (χ0) is 9.47. The Kier molecular flexibility index (Phi) is 3.18. The number of carbonyl (C=O) groups excluding carboxylic acids is 1. The SMILES string of the molecule is C.C[C@@H]1CC(=O)C=C2CCCC[C@]21C. The highest BCUT2D eigenvalue weighted by atomic mass is 16.1. The summed E-state index contributed by atoms with van der Waals surface area (Å²) in [5.41, 5.74) is 1.79. The predicted octanol–water partition coefficient (Wildman–Crippen LogP) is 3.74. The summed E-state index contributed by atoms with van der Waals surface area (Å²) >= 11 is 0. The number of hydrogen-bond donors (Lipinski definition) is 0. The Bertz CT molecular complexity index is 264. The highest BCUT2D eigenvalue weighted by Gasteiger charge is 2.40. The van der Waals surface area contributed by atoms with Crippen molar-refractivity contribution in [3.8, 4) is 0 Å². The van der Waals surface area contributed by atoms with Crippen LogP contribution in [0, 0.1) is 11.3 Å². The molecule has 0 radical (unpaired) electrons. The molecule has 1 saturated carbocycles. The Morgan fingerprint density at radius 1 is 1.43 bits per heavy atom. The molecule has 0 saturated heterocycles. The summed E-state index contributed by atoms with van der Waals surface area (Å²) in [5, 5.41) is 0. The molecule has 2 rings (SSSR count). The molecule has 2 atom stereocenters. The van der Waals surface area contributed by atoms with Gasteiger partial charge in [0, 0.05) is 6.42 Å². The van der Waals surface area contributed by atoms with E-state index in [1.165, 1.54) is 24.8 Å². The summed E-state index contributed by atoms with van der Waals surface area (Å²) in [5.74, 6) is 0.905. The Morgan fingerprint density at radius 2 is 2.14 bits per heavy atom. The highest BCUT2D eigenvalue weighted by Crippen LogP contribution is 2.49. The van der Waals surface area contributed by atoms with Gasteiger partial charge in [0.15, 0.2) is 5.78 Å². The lowest BCUT2D eigenvalue weighted by molar-refractivity contribution is -0.117. The highest BCUT2D eigenvalue weighted by molar-refractivity contribution is 5.91. The van der Waals surface area contributed by atoms with Gasteiger partial charge in [0.1, 0.15) is 0 Å². The van der Waals surface area contributed by atoms with Crippen LogP contribution in [0.15, 0.2) is 11.6 Å². The number of rotatable bonds is 0. The van der Waals surface area contributed by atoms with Gasteiger partial charge < -0.3 is 0 Å². The second-order valence-electron chi connectivity index (χ2n) is 4.87. The molecule has 2 aliphatic rings. The topological polar surface area (TPSA) is 17.1 Å². The van der Waals surface area contributed by atoms with Crippen molar-refractivity contribution in [3.05, 3.63) is 11.6 Å². The van der Waals surface area contributed by atoms with E-state index in [2.05, 4.69) is 13.8 Å². The van der Waals surface area contributed by atoms with Crippen molar-refractivity contribution < 1.29 is 4.79 Å². The van der Waals surface area contributed by atoms with Crippen molar-refractivity contribution in [2.24, 2.45) is 11.3 Å². The van der Waals surface area contributed by atoms with E-state index >= 15 is 0 Å². The van der Waals surface area contributed by atoms with Crippen LogP contribution in [0.2, 0.25) is 0 Å². The second kappa shape index (κ2) is 3.88. The fourth-order valence-corrected chi connectivity index (χ4v) is 2.83. The van der Waals surface area contributed by atoms with Crippen LogP contribution in [0.25, 0.3) is 0 Å². The average molecular weight is 194 g/mol. The van der Waals surface area contributed by atoms with Crippen molar-refractivity contribution in [2.75, 3.05) is 0 Å². The molecule has 2 aliphatic carbocycles. The fraction of sp³-hybridized carbons (Fsp3) is 0.769. The van der Waals surface area contributed by atoms with E-state index in [1.807, 2.05) is 6.08 Å². The number of allylic oxidation sites excluding steroid dienone is 2. The first kappa shape index (κ1) is 11.5. The molecule has 0 amide bonds. The van der Waals surface area contributed by atoms with Crippen molar-refractivity contribution in [3.63, 3.8) is 0 Å². The molecule has 0 aliphatic heterocycles. The Balaban J connectivity index is 0.000000980. The molecule has 0 aromatic rings. The summed E-state index contributed by atoms with van der Waals surface area (Å²) in [6.45, 7) is 4.57. The second-order valence-corrected chi connectivity index (χ2v) is 4.87. The first-order valence-corrected chi connectivity index (χ1v) is 5.37. The molecule has 0 heterocycles. The third kappa shape index (κ3) is 1.65. The predicted molar refractivity (Wildman–Crippen MR) is 60.2 cm³/mol. The molecule has 0 aromatic heterocycles. The Morgan fingerprint density at radius 3 is 2.86 bits per heavy atom. The number of ketones is 1. The monoisotopic (exact) mass is 194 g/mol. The van der Waals surface area contributed by atoms with Gasteiger partial charge in [0.2, 0.25) is 0 Å². The lowest BCUT2D eigenvalue weighted by Crippen LogP contribution is -2.35. The standard InChI is InChI=1S/C12H18O.CH4/c1-9-7-11(13)8-10-5-3-4-6-12(9,10)2;/h8-9H,3-7H2,1-2H3;1H4/t9-,12+;/m1./s1. The van der Waals surface area contributed by atoms with E-state index < -0.39 is 0 Å². The van der Waals surface area contributed by atoms with Crippen LogP contribution in [-0.4, -0.2) is 5.78 Å². The van der Waals surface area contributed by atoms with Crippen molar-refractivity contribution in [1.82, 2.24) is 0 Å². The summed E-state index contributed by atoms with van der Waals surface area (Å²) < 4.78 is 0. The normalized spacial score (nSPS) is 36.9. The summed E-state index contributed by atoms with van der Waals surface area (Å²) in [4.78, 5) is 11.4. The van der Waals surface area contributed by atoms with E-state index in [1.54, 1.807) is 0 Å². The van der Waals surface area contributed by atoms with Gasteiger partial charge in [-0.25, -0.2) is 0 Å². The molecular formula is C13H22O. The zero-order valence-corrected chi connectivity index (χ0v) is 8.60. The van der Waals surface area contributed by atoms with Gasteiger partial charge in [-0.05, 0) is 36.7 Å². The third-order valence-electron chi connectivity index (χ3n) is 4.06. The molecule has 0 bridgehead atoms. The number of fused-ring (bicyclic) bond motifs is 1. The van der Waals surface area contributed by atoms with Gasteiger partial charge in [0.25, 0.3) is 0 Å². The van der Waals surface area contributed by atoms with Gasteiger partial charge in [-0.2, -0.15) is 0 Å². The molecular weight excluding hydrogens is 172 g/mol. The van der Waals surface area contributed by atoms with Gasteiger partial charge in [-0.3, -0.25) is 4.79 Å². The largest absolute Gasteiger partial charge is 0.295 e. The molecule has 1 heteroatoms. The molecule has 0 spiro atoms. The number of carbonyl (C=O) groups is 1. The van der Waals surface area contributed by atoms with Crippen molar-refractivity contribution in [1.29, 1.82) is 0 Å². The smallest absolute Gasteiger partial charge is 0.155 e. The lowest BCUT2D eigenvalue weighted by Gasteiger charge is -2.43. The first-order valence-electron chi connectivity index (χ1n) is 5.37. The summed E-state index contributed by atoms with van der Waals surface area (Å²) in [6, 6.07) is 0. The zero-order valence-electron chi connectivity index (χ0n) is 8.60. The fourth-order valence-electron chi connectivity index (χ4n) is 2.83. The Labute approximate surface area is 87.6 Å². The first-order chi connectivity index (χ1) is 6.13. The lowest BCUT2D eigenvalue weighted by atomic mass is 9.61. The van der Waals surface area contributed by atoms with Crippen LogP contribution in [0.4, 0.5) is 0 Å². The third-order valence-corrected chi connectivity index (χ3v) is 4.06. The van der Waals surface area contributed by atoms with Crippen molar-refractivity contribution >= 4 is 5.78 Å². The minimum absolute atomic E-state index is 0. The quantitative estimate of drug-likeness (QED) is 0.574. The molecule has 0 aromatic carbocycles. The van der Waals surface area contributed by atoms with Crippen LogP contribution in [0.1, 0.15) is 53.4 Å². The molecule has 0 N–H and O–H groups in total. The van der Waals surface area contributed by atoms with E-state index in [9.17, 15) is 4.79 Å². The molecule has 0 unspecified atom stereocenters. The molecule has 1 fully saturated rings. The van der Waals surface area contributed by atoms with Crippen LogP contribution >= 0.6 is 0 Å². The van der Waals surface area contributed by atoms with E-state index in [4.69, 9.17) is 0 Å². The van der Waals surface area contributed by atoms with Gasteiger partial charge in [-0.1, -0.05) is 33.3 Å². The maximum atomic E-state index is 11.4. The minimum atomic E-state index is 0. The van der Waals surface area contributed by atoms with Crippen LogP contribution < -0.4 is 0 Å². The van der Waals surface area contributed by atoms with Crippen molar-refractivity contribution in [2.45, 2.75) is 53.4 Å². The van der Waals surface area contributed by atoms with Crippen LogP contribution in [-0.2, 0) is 4.79 Å². The summed E-state index contributed by atoms with van der Waals surface area (Å²) in [6.07, 6.45) is 7.76. The molecule has 80 valence electrons. The summed E-state index contributed by atoms with van der Waals surface area (Å²) in [7, 11) is 0. The minimum Gasteiger partial charge on any atom is -0.295 e. The maximum absolute atomic E-state index is 11.4. The van der Waals surface area contributed by atoms with Crippen LogP contribution in [0.3, 0.4) is 0 Å². The van der Waals surface area contributed by atoms with E-state index in [0.29, 0.717) is 17.1 Å². The molecule has 14 heavy (non-hydrogen) atoms. The Hall–Kier alpha value is -0.590. The van der Waals surface area contributed by atoms with Gasteiger partial charge >= 0.3 is 0 Å². The van der Waals surface area contributed by atoms with Gasteiger partial charge in [0.05, 0.1) is 0 Å². The van der Waals surface area contributed by atoms with Gasteiger partial charge in [-0.15, -0.1) is 0 Å². The average Bonchev–Trinajstić information content (AvgIpc) is 2.07. The molecule has 1 nitrogen and oxygen atoms in total. The van der Waals surface area contributed by atoms with E-state index in [0.717, 1.165) is 12.8 Å². The number of hydrogen-bond acceptors (Lipinski definition) is 1. The maximum Gasteiger partial charge on any atom is 0.155 e.